The van der Waals surface area contributed by atoms with E-state index in [-0.39, 0.29) is 29.7 Å². The summed E-state index contributed by atoms with van der Waals surface area (Å²) in [5.41, 5.74) is 10.2. The number of aromatic nitrogens is 2. The summed E-state index contributed by atoms with van der Waals surface area (Å²) in [6.45, 7) is 20.8. The minimum Gasteiger partial charge on any atom is -0.363 e. The van der Waals surface area contributed by atoms with E-state index in [4.69, 9.17) is 0 Å². The van der Waals surface area contributed by atoms with Crippen LogP contribution in [0.25, 0.3) is 0 Å². The quantitative estimate of drug-likeness (QED) is 0.202. The molecule has 43 heavy (non-hydrogen) atoms. The Morgan fingerprint density at radius 3 is 1.09 bits per heavy atom. The maximum Gasteiger partial charge on any atom is 0.0372 e. The number of aromatic amines is 1. The summed E-state index contributed by atoms with van der Waals surface area (Å²) < 4.78 is 0. The van der Waals surface area contributed by atoms with E-state index in [0.717, 1.165) is 12.1 Å². The van der Waals surface area contributed by atoms with Crippen LogP contribution in [0.4, 0.5) is 0 Å². The summed E-state index contributed by atoms with van der Waals surface area (Å²) in [6.07, 6.45) is 3.01. The molecule has 0 spiro atoms. The summed E-state index contributed by atoms with van der Waals surface area (Å²) in [4.78, 5) is 10.0. The number of aryl methyl sites for hydroxylation is 10. The first-order valence-electron chi connectivity index (χ1n) is 13.6. The number of rotatable bonds is 1. The highest BCUT2D eigenvalue weighted by Gasteiger charge is 1.86. The lowest BCUT2D eigenvalue weighted by molar-refractivity contribution is 1.14. The van der Waals surface area contributed by atoms with Gasteiger partial charge in [-0.25, -0.2) is 0 Å². The molecule has 0 fully saturated rings. The first-order chi connectivity index (χ1) is 18.5. The molecule has 5 rings (SSSR count). The van der Waals surface area contributed by atoms with Crippen molar-refractivity contribution in [2.24, 2.45) is 0 Å². The first kappa shape index (κ1) is 46.5. The lowest BCUT2D eigenvalue weighted by atomic mass is 10.1. The Morgan fingerprint density at radius 2 is 0.860 bits per heavy atom. The SMILES string of the molecule is C.C.C.C.CCc1ccc(C)cc1.Cc1ccc(C)[nH]1.Cc1ccc(C)cc1.Cc1ccc(C)nc1.Cc1ccc(C)s1. The fourth-order valence-electron chi connectivity index (χ4n) is 3.20. The van der Waals surface area contributed by atoms with Crippen molar-refractivity contribution in [2.45, 2.75) is 105 Å². The van der Waals surface area contributed by atoms with Crippen molar-refractivity contribution in [3.63, 3.8) is 0 Å². The van der Waals surface area contributed by atoms with Crippen LogP contribution in [-0.2, 0) is 6.42 Å². The zero-order valence-electron chi connectivity index (χ0n) is 25.7. The third-order valence-corrected chi connectivity index (χ3v) is 6.57. The Hall–Kier alpha value is -3.43. The van der Waals surface area contributed by atoms with E-state index < -0.39 is 0 Å². The third kappa shape index (κ3) is 23.8. The van der Waals surface area contributed by atoms with Gasteiger partial charge in [0.15, 0.2) is 0 Å². The topological polar surface area (TPSA) is 28.7 Å². The van der Waals surface area contributed by atoms with Crippen LogP contribution in [-0.4, -0.2) is 9.97 Å². The zero-order valence-corrected chi connectivity index (χ0v) is 26.5. The third-order valence-electron chi connectivity index (χ3n) is 5.66. The van der Waals surface area contributed by atoms with Gasteiger partial charge in [-0.3, -0.25) is 4.98 Å². The Balaban J connectivity index is -0.000000217. The molecular formula is C40H64N2S. The molecule has 2 nitrogen and oxygen atoms in total. The predicted molar refractivity (Wildman–Crippen MR) is 201 cm³/mol. The van der Waals surface area contributed by atoms with Crippen molar-refractivity contribution in [3.8, 4) is 0 Å². The van der Waals surface area contributed by atoms with E-state index in [1.807, 2.05) is 51.3 Å². The van der Waals surface area contributed by atoms with Gasteiger partial charge in [0.1, 0.15) is 0 Å². The lowest BCUT2D eigenvalue weighted by Gasteiger charge is -1.94. The fourth-order valence-corrected chi connectivity index (χ4v) is 3.98. The molecule has 0 radical (unpaired) electrons. The Morgan fingerprint density at radius 1 is 0.488 bits per heavy atom. The molecule has 1 N–H and O–H groups in total. The number of benzene rings is 2. The van der Waals surface area contributed by atoms with Gasteiger partial charge in [0, 0.05) is 33.0 Å². The second-order valence-electron chi connectivity index (χ2n) is 9.95. The van der Waals surface area contributed by atoms with Crippen molar-refractivity contribution in [1.29, 1.82) is 0 Å². The van der Waals surface area contributed by atoms with Gasteiger partial charge < -0.3 is 4.98 Å². The van der Waals surface area contributed by atoms with Gasteiger partial charge in [0.05, 0.1) is 0 Å². The standard InChI is InChI=1S/C9H12.C8H10.C7H9N.C6H9N.C6H8S.4CH4/c1-3-9-6-4-8(2)5-7-9;1-7-3-5-8(2)6-4-7;1-6-3-4-7(2)8-5-6;2*1-5-3-4-6(2)7-5;;;;/h4-7H,3H2,1-2H3;3-6H,1-2H3;3-5H,1-2H3;3-4,7H,1-2H3;3-4H,1-2H3;4*1H4. The highest BCUT2D eigenvalue weighted by molar-refractivity contribution is 7.11. The summed E-state index contributed by atoms with van der Waals surface area (Å²) in [5, 5.41) is 0. The second kappa shape index (κ2) is 26.2. The average Bonchev–Trinajstić information content (AvgIpc) is 3.49. The molecule has 240 valence electrons. The number of nitrogens with zero attached hydrogens (tertiary/aromatic N) is 1. The van der Waals surface area contributed by atoms with Crippen LogP contribution < -0.4 is 0 Å². The van der Waals surface area contributed by atoms with Gasteiger partial charge in [-0.1, -0.05) is 108 Å². The fraction of sp³-hybridized carbons (Fsp3) is 0.375. The molecular weight excluding hydrogens is 541 g/mol. The molecule has 5 aromatic rings. The van der Waals surface area contributed by atoms with E-state index in [1.165, 1.54) is 49.0 Å². The van der Waals surface area contributed by atoms with E-state index >= 15 is 0 Å². The van der Waals surface area contributed by atoms with Crippen molar-refractivity contribution >= 4 is 11.3 Å². The van der Waals surface area contributed by atoms with Gasteiger partial charge in [0.25, 0.3) is 0 Å². The Bertz CT molecular complexity index is 1140. The van der Waals surface area contributed by atoms with E-state index in [0.29, 0.717) is 0 Å². The van der Waals surface area contributed by atoms with Crippen LogP contribution in [0.1, 0.15) is 91.3 Å². The lowest BCUT2D eigenvalue weighted by Crippen LogP contribution is -1.78. The number of hydrogen-bond donors (Lipinski definition) is 1. The largest absolute Gasteiger partial charge is 0.363 e. The average molecular weight is 605 g/mol. The highest BCUT2D eigenvalue weighted by atomic mass is 32.1. The van der Waals surface area contributed by atoms with Crippen LogP contribution in [0.3, 0.4) is 0 Å². The minimum atomic E-state index is 0. The summed E-state index contributed by atoms with van der Waals surface area (Å²) in [7, 11) is 0. The molecule has 0 atom stereocenters. The number of nitrogens with one attached hydrogen (secondary N) is 1. The molecule has 0 saturated heterocycles. The van der Waals surface area contributed by atoms with Gasteiger partial charge in [-0.05, 0) is 110 Å². The van der Waals surface area contributed by atoms with Gasteiger partial charge in [0.2, 0.25) is 0 Å². The van der Waals surface area contributed by atoms with Gasteiger partial charge in [-0.2, -0.15) is 0 Å². The molecule has 3 heterocycles. The van der Waals surface area contributed by atoms with Crippen LogP contribution in [0.15, 0.2) is 91.1 Å². The normalized spacial score (nSPS) is 8.51. The molecule has 0 amide bonds. The molecule has 3 aromatic heterocycles. The summed E-state index contributed by atoms with van der Waals surface area (Å²) in [5.74, 6) is 0. The molecule has 0 aliphatic carbocycles. The second-order valence-corrected chi connectivity index (χ2v) is 11.4. The van der Waals surface area contributed by atoms with Crippen molar-refractivity contribution in [3.05, 3.63) is 146 Å². The maximum absolute atomic E-state index is 4.08. The maximum atomic E-state index is 4.08. The smallest absolute Gasteiger partial charge is 0.0372 e. The van der Waals surface area contributed by atoms with Crippen LogP contribution >= 0.6 is 11.3 Å². The minimum absolute atomic E-state index is 0. The van der Waals surface area contributed by atoms with Crippen LogP contribution in [0.2, 0.25) is 0 Å². The number of H-pyrrole nitrogens is 1. The van der Waals surface area contributed by atoms with E-state index in [9.17, 15) is 0 Å². The number of hydrogen-bond acceptors (Lipinski definition) is 2. The number of pyridine rings is 1. The molecule has 0 aliphatic rings. The zero-order chi connectivity index (χ0) is 29.2. The van der Waals surface area contributed by atoms with Crippen LogP contribution in [0.5, 0.6) is 0 Å². The summed E-state index contributed by atoms with van der Waals surface area (Å²) in [6, 6.07) is 29.6. The predicted octanol–water partition coefficient (Wildman–Crippen LogP) is 13.1. The highest BCUT2D eigenvalue weighted by Crippen LogP contribution is 2.12. The molecule has 0 bridgehead atoms. The molecule has 3 heteroatoms. The first-order valence-corrected chi connectivity index (χ1v) is 14.4. The van der Waals surface area contributed by atoms with Crippen molar-refractivity contribution in [2.75, 3.05) is 0 Å². The van der Waals surface area contributed by atoms with Gasteiger partial charge in [-0.15, -0.1) is 11.3 Å². The summed E-state index contributed by atoms with van der Waals surface area (Å²) >= 11 is 1.84. The Kier molecular flexibility index (Phi) is 28.4. The number of thiophene rings is 1. The van der Waals surface area contributed by atoms with Crippen LogP contribution in [0, 0.1) is 62.3 Å². The molecule has 2 aromatic carbocycles. The molecule has 0 aliphatic heterocycles. The monoisotopic (exact) mass is 604 g/mol. The molecule has 0 saturated carbocycles. The van der Waals surface area contributed by atoms with E-state index in [2.05, 4.69) is 130 Å². The van der Waals surface area contributed by atoms with E-state index in [1.54, 1.807) is 0 Å². The van der Waals surface area contributed by atoms with Gasteiger partial charge >= 0.3 is 0 Å². The van der Waals surface area contributed by atoms with Crippen molar-refractivity contribution < 1.29 is 0 Å². The van der Waals surface area contributed by atoms with Crippen molar-refractivity contribution in [1.82, 2.24) is 9.97 Å². The Labute approximate surface area is 271 Å². The molecule has 0 unspecified atom stereocenters.